The van der Waals surface area contributed by atoms with Crippen molar-refractivity contribution in [2.45, 2.75) is 51.9 Å². The number of carbonyl (C=O) groups excluding carboxylic acids is 1. The molecule has 0 bridgehead atoms. The average Bonchev–Trinajstić information content (AvgIpc) is 3.04. The summed E-state index contributed by atoms with van der Waals surface area (Å²) in [4.78, 5) is 32.9. The lowest BCUT2D eigenvalue weighted by atomic mass is 10.1. The molecule has 0 aliphatic rings. The zero-order valence-corrected chi connectivity index (χ0v) is 21.1. The Balaban J connectivity index is 2.32. The van der Waals surface area contributed by atoms with Crippen LogP contribution in [0.25, 0.3) is 0 Å². The summed E-state index contributed by atoms with van der Waals surface area (Å²) in [7, 11) is 0. The van der Waals surface area contributed by atoms with Gasteiger partial charge in [-0.05, 0) is 67.6 Å². The van der Waals surface area contributed by atoms with Gasteiger partial charge in [-0.1, -0.05) is 23.3 Å². The highest BCUT2D eigenvalue weighted by Crippen LogP contribution is 2.31. The molecule has 0 radical (unpaired) electrons. The van der Waals surface area contributed by atoms with Crippen molar-refractivity contribution in [1.82, 2.24) is 15.3 Å². The number of thiazole rings is 1. The Hall–Kier alpha value is -2.85. The Morgan fingerprint density at radius 2 is 2.00 bits per heavy atom. The van der Waals surface area contributed by atoms with Crippen LogP contribution < -0.4 is 10.2 Å². The Morgan fingerprint density at radius 1 is 1.32 bits per heavy atom. The first-order chi connectivity index (χ1) is 15.7. The molecular weight excluding hydrogens is 541 g/mol. The highest BCUT2D eigenvalue weighted by atomic mass is 79.9. The van der Waals surface area contributed by atoms with Crippen LogP contribution in [0.15, 0.2) is 22.1 Å². The molecule has 0 saturated heterocycles. The molecule has 2 rings (SSSR count). The number of halogens is 4. The Bertz CT molecular complexity index is 1090. The lowest BCUT2D eigenvalue weighted by molar-refractivity contribution is -0.141. The molecule has 1 atom stereocenters. The molecule has 0 aliphatic carbocycles. The summed E-state index contributed by atoms with van der Waals surface area (Å²) in [5, 5.41) is 12.5. The molecule has 184 valence electrons. The van der Waals surface area contributed by atoms with Gasteiger partial charge in [0.25, 0.3) is 0 Å². The fourth-order valence-electron chi connectivity index (χ4n) is 2.69. The standard InChI is InChI=1S/C21H22BrF3N4O4S/c1-5-6-14-16(22)34-17(28-14)29(19(31)32)11-13(27-18(30)33-20(2,3)4)9-12-7-8-15(26-10-12)21(23,24)25/h7-8,10,13H,9,11H2,1-4H3,(H,27,30)(H,31,32)/t13-/m0/s1. The first-order valence-corrected chi connectivity index (χ1v) is 11.4. The minimum Gasteiger partial charge on any atom is -0.465 e. The van der Waals surface area contributed by atoms with Crippen LogP contribution in [0.3, 0.4) is 0 Å². The third-order valence-electron chi connectivity index (χ3n) is 4.00. The number of ether oxygens (including phenoxy) is 1. The Labute approximate surface area is 206 Å². The maximum atomic E-state index is 12.8. The number of alkyl halides is 3. The van der Waals surface area contributed by atoms with Crippen molar-refractivity contribution in [1.29, 1.82) is 0 Å². The van der Waals surface area contributed by atoms with Gasteiger partial charge in [-0.3, -0.25) is 9.88 Å². The summed E-state index contributed by atoms with van der Waals surface area (Å²) >= 11 is 4.34. The smallest absolute Gasteiger partial charge is 0.433 e. The van der Waals surface area contributed by atoms with E-state index in [9.17, 15) is 27.9 Å². The van der Waals surface area contributed by atoms with Crippen molar-refractivity contribution >= 4 is 44.6 Å². The second kappa shape index (κ2) is 11.1. The van der Waals surface area contributed by atoms with Crippen LogP contribution in [0.4, 0.5) is 27.9 Å². The number of pyridine rings is 1. The molecule has 2 aromatic rings. The van der Waals surface area contributed by atoms with E-state index in [1.807, 2.05) is 0 Å². The van der Waals surface area contributed by atoms with Gasteiger partial charge in [0.05, 0.1) is 12.6 Å². The van der Waals surface area contributed by atoms with Crippen molar-refractivity contribution in [3.05, 3.63) is 39.1 Å². The van der Waals surface area contributed by atoms with E-state index in [2.05, 4.69) is 43.1 Å². The number of nitrogens with one attached hydrogen (secondary N) is 1. The SMILES string of the molecule is CC#Cc1nc(N(C[C@H](Cc2ccc(C(F)(F)F)nc2)NC(=O)OC(C)(C)C)C(=O)O)sc1Br. The monoisotopic (exact) mass is 562 g/mol. The summed E-state index contributed by atoms with van der Waals surface area (Å²) < 4.78 is 44.3. The van der Waals surface area contributed by atoms with E-state index in [0.29, 0.717) is 15.0 Å². The molecule has 13 heteroatoms. The van der Waals surface area contributed by atoms with E-state index in [1.54, 1.807) is 27.7 Å². The average molecular weight is 563 g/mol. The summed E-state index contributed by atoms with van der Waals surface area (Å²) in [6.45, 7) is 6.34. The molecule has 0 aliphatic heterocycles. The number of anilines is 1. The van der Waals surface area contributed by atoms with Crippen molar-refractivity contribution in [2.75, 3.05) is 11.4 Å². The first kappa shape index (κ1) is 27.4. The van der Waals surface area contributed by atoms with Crippen LogP contribution in [0.5, 0.6) is 0 Å². The van der Waals surface area contributed by atoms with Crippen LogP contribution in [0, 0.1) is 11.8 Å². The van der Waals surface area contributed by atoms with E-state index < -0.39 is 35.7 Å². The number of hydrogen-bond donors (Lipinski definition) is 2. The van der Waals surface area contributed by atoms with Gasteiger partial charge in [-0.2, -0.15) is 13.2 Å². The lowest BCUT2D eigenvalue weighted by Crippen LogP contribution is -2.48. The number of hydrogen-bond acceptors (Lipinski definition) is 6. The van der Waals surface area contributed by atoms with Crippen LogP contribution >= 0.6 is 27.3 Å². The lowest BCUT2D eigenvalue weighted by Gasteiger charge is -2.26. The number of carboxylic acid groups (broad SMARTS) is 1. The Morgan fingerprint density at radius 3 is 2.50 bits per heavy atom. The van der Waals surface area contributed by atoms with Gasteiger partial charge >= 0.3 is 18.4 Å². The molecule has 2 N–H and O–H groups in total. The summed E-state index contributed by atoms with van der Waals surface area (Å²) in [6, 6.07) is 1.18. The largest absolute Gasteiger partial charge is 0.465 e. The number of nitrogens with zero attached hydrogens (tertiary/aromatic N) is 3. The van der Waals surface area contributed by atoms with E-state index in [4.69, 9.17) is 4.74 Å². The maximum Gasteiger partial charge on any atom is 0.433 e. The number of rotatable bonds is 6. The highest BCUT2D eigenvalue weighted by Gasteiger charge is 2.32. The summed E-state index contributed by atoms with van der Waals surface area (Å²) in [5.74, 6) is 5.43. The number of aromatic nitrogens is 2. The molecule has 0 spiro atoms. The van der Waals surface area contributed by atoms with Gasteiger partial charge in [0.1, 0.15) is 20.8 Å². The number of amides is 2. The molecule has 8 nitrogen and oxygen atoms in total. The van der Waals surface area contributed by atoms with Crippen molar-refractivity contribution in [2.24, 2.45) is 0 Å². The second-order valence-corrected chi connectivity index (χ2v) is 10.3. The molecule has 0 aromatic carbocycles. The van der Waals surface area contributed by atoms with Gasteiger partial charge < -0.3 is 15.2 Å². The molecular formula is C21H22BrF3N4O4S. The normalized spacial score (nSPS) is 12.4. The maximum absolute atomic E-state index is 12.8. The van der Waals surface area contributed by atoms with Gasteiger partial charge in [0, 0.05) is 6.20 Å². The molecule has 0 unspecified atom stereocenters. The van der Waals surface area contributed by atoms with E-state index >= 15 is 0 Å². The predicted octanol–water partition coefficient (Wildman–Crippen LogP) is 5.31. The molecule has 2 amide bonds. The molecule has 34 heavy (non-hydrogen) atoms. The third kappa shape index (κ3) is 8.18. The zero-order valence-electron chi connectivity index (χ0n) is 18.7. The van der Waals surface area contributed by atoms with Crippen LogP contribution in [-0.2, 0) is 17.3 Å². The van der Waals surface area contributed by atoms with Gasteiger partial charge in [0.15, 0.2) is 5.13 Å². The molecule has 2 aromatic heterocycles. The fourth-order valence-corrected chi connectivity index (χ4v) is 4.07. The first-order valence-electron chi connectivity index (χ1n) is 9.80. The minimum atomic E-state index is -4.59. The van der Waals surface area contributed by atoms with Crippen LogP contribution in [0.1, 0.15) is 44.6 Å². The molecule has 0 saturated carbocycles. The summed E-state index contributed by atoms with van der Waals surface area (Å²) in [5.41, 5.74) is -1.16. The van der Waals surface area contributed by atoms with E-state index in [-0.39, 0.29) is 18.1 Å². The highest BCUT2D eigenvalue weighted by molar-refractivity contribution is 9.11. The molecule has 0 fully saturated rings. The number of carbonyl (C=O) groups is 2. The van der Waals surface area contributed by atoms with Gasteiger partial charge in [0.2, 0.25) is 0 Å². The topological polar surface area (TPSA) is 105 Å². The zero-order chi connectivity index (χ0) is 25.7. The summed E-state index contributed by atoms with van der Waals surface area (Å²) in [6.07, 6.45) is -5.71. The fraction of sp³-hybridized carbons (Fsp3) is 0.429. The Kier molecular flexibility index (Phi) is 8.90. The van der Waals surface area contributed by atoms with E-state index in [1.165, 1.54) is 6.07 Å². The second-order valence-electron chi connectivity index (χ2n) is 7.98. The van der Waals surface area contributed by atoms with Crippen molar-refractivity contribution < 1.29 is 32.6 Å². The number of alkyl carbamates (subject to hydrolysis) is 1. The predicted molar refractivity (Wildman–Crippen MR) is 124 cm³/mol. The van der Waals surface area contributed by atoms with E-state index in [0.717, 1.165) is 28.5 Å². The van der Waals surface area contributed by atoms with Crippen LogP contribution in [0.2, 0.25) is 0 Å². The van der Waals surface area contributed by atoms with Gasteiger partial charge in [-0.25, -0.2) is 14.6 Å². The minimum absolute atomic E-state index is 0.0116. The molecule has 2 heterocycles. The van der Waals surface area contributed by atoms with Crippen molar-refractivity contribution in [3.63, 3.8) is 0 Å². The van der Waals surface area contributed by atoms with Crippen LogP contribution in [-0.4, -0.2) is 45.4 Å². The quantitative estimate of drug-likeness (QED) is 0.462. The van der Waals surface area contributed by atoms with Gasteiger partial charge in [-0.15, -0.1) is 0 Å². The third-order valence-corrected chi connectivity index (χ3v) is 5.73. The van der Waals surface area contributed by atoms with Crippen molar-refractivity contribution in [3.8, 4) is 11.8 Å².